The number of rotatable bonds is 21. The van der Waals surface area contributed by atoms with Crippen LogP contribution in [0.2, 0.25) is 0 Å². The smallest absolute Gasteiger partial charge is 0.309 e. The fourth-order valence-corrected chi connectivity index (χ4v) is 7.82. The van der Waals surface area contributed by atoms with E-state index in [1.54, 1.807) is 17.2 Å². The second kappa shape index (κ2) is 21.9. The van der Waals surface area contributed by atoms with Gasteiger partial charge in [0.15, 0.2) is 0 Å². The normalized spacial score (nSPS) is 18.2. The minimum atomic E-state index is -0.648. The van der Waals surface area contributed by atoms with Gasteiger partial charge in [0.25, 0.3) is 5.91 Å². The molecular formula is C41H63N5O6S. The predicted molar refractivity (Wildman–Crippen MR) is 210 cm³/mol. The number of nitrogens with zero attached hydrogens (tertiary/aromatic N) is 3. The molecule has 1 aliphatic heterocycles. The Morgan fingerprint density at radius 1 is 1.08 bits per heavy atom. The molecule has 1 fully saturated rings. The Hall–Kier alpha value is -3.61. The van der Waals surface area contributed by atoms with Gasteiger partial charge in [-0.15, -0.1) is 11.3 Å². The van der Waals surface area contributed by atoms with E-state index in [2.05, 4.69) is 36.0 Å². The first-order valence-corrected chi connectivity index (χ1v) is 20.2. The maximum atomic E-state index is 14.2. The molecule has 53 heavy (non-hydrogen) atoms. The molecule has 11 nitrogen and oxygen atoms in total. The number of nitrogens with one attached hydrogen (secondary N) is 2. The highest BCUT2D eigenvalue weighted by Gasteiger charge is 2.37. The number of likely N-dealkylation sites (N-methyl/N-ethyl adjacent to an activating group) is 2. The monoisotopic (exact) mass is 753 g/mol. The topological polar surface area (TPSA) is 130 Å². The summed E-state index contributed by atoms with van der Waals surface area (Å²) in [5.74, 6) is -1.30. The second-order valence-corrected chi connectivity index (χ2v) is 15.7. The molecule has 1 aliphatic rings. The highest BCUT2D eigenvalue weighted by atomic mass is 32.1. The molecule has 2 aromatic rings. The number of carbonyl (C=O) groups is 4. The first-order valence-electron chi connectivity index (χ1n) is 19.3. The van der Waals surface area contributed by atoms with Crippen molar-refractivity contribution >= 4 is 35.0 Å². The summed E-state index contributed by atoms with van der Waals surface area (Å²) in [6.07, 6.45) is 6.07. The highest BCUT2D eigenvalue weighted by Crippen LogP contribution is 2.31. The fourth-order valence-electron chi connectivity index (χ4n) is 6.96. The van der Waals surface area contributed by atoms with Crippen molar-refractivity contribution in [3.05, 3.63) is 64.6 Å². The SMILES string of the molecule is C=CCOC(=O)[C@@H](C)C[C@H](Cc1ccccc1)NC(=O)c1csc([C@@H](CC(C(C)C)N(C)C(=O)[C@@H](NC(=O)[C@H]2CCCCN2C)[C@@H](C)CC)OCC)n1. The molecule has 7 atom stereocenters. The number of piperidine rings is 1. The number of likely N-dealkylation sites (tertiary alicyclic amines) is 1. The van der Waals surface area contributed by atoms with E-state index in [4.69, 9.17) is 14.5 Å². The summed E-state index contributed by atoms with van der Waals surface area (Å²) < 4.78 is 11.5. The summed E-state index contributed by atoms with van der Waals surface area (Å²) in [7, 11) is 3.78. The van der Waals surface area contributed by atoms with Crippen LogP contribution in [-0.2, 0) is 30.3 Å². The first-order chi connectivity index (χ1) is 25.3. The predicted octanol–water partition coefficient (Wildman–Crippen LogP) is 6.21. The average molecular weight is 754 g/mol. The Labute approximate surface area is 321 Å². The Kier molecular flexibility index (Phi) is 18.1. The van der Waals surface area contributed by atoms with Gasteiger partial charge in [0, 0.05) is 37.5 Å². The molecule has 0 saturated carbocycles. The molecule has 294 valence electrons. The summed E-state index contributed by atoms with van der Waals surface area (Å²) in [5, 5.41) is 8.63. The van der Waals surface area contributed by atoms with Crippen LogP contribution in [0.25, 0.3) is 0 Å². The number of ether oxygens (including phenoxy) is 2. The van der Waals surface area contributed by atoms with Gasteiger partial charge in [-0.3, -0.25) is 24.1 Å². The first kappa shape index (κ1) is 43.8. The third-order valence-corrected chi connectivity index (χ3v) is 11.3. The van der Waals surface area contributed by atoms with Crippen molar-refractivity contribution in [2.24, 2.45) is 17.8 Å². The Morgan fingerprint density at radius 2 is 1.79 bits per heavy atom. The second-order valence-electron chi connectivity index (χ2n) is 14.8. The van der Waals surface area contributed by atoms with Gasteiger partial charge in [0.05, 0.1) is 12.0 Å². The van der Waals surface area contributed by atoms with Crippen LogP contribution in [0.15, 0.2) is 48.4 Å². The van der Waals surface area contributed by atoms with E-state index < -0.39 is 18.1 Å². The van der Waals surface area contributed by atoms with Gasteiger partial charge < -0.3 is 25.0 Å². The summed E-state index contributed by atoms with van der Waals surface area (Å²) in [4.78, 5) is 62.5. The van der Waals surface area contributed by atoms with Crippen molar-refractivity contribution in [3.63, 3.8) is 0 Å². The van der Waals surface area contributed by atoms with Gasteiger partial charge in [-0.25, -0.2) is 4.98 Å². The molecule has 2 N–H and O–H groups in total. The number of thiazole rings is 1. The lowest BCUT2D eigenvalue weighted by atomic mass is 9.92. The zero-order chi connectivity index (χ0) is 39.1. The molecule has 0 spiro atoms. The molecule has 3 amide bonds. The fraction of sp³-hybridized carbons (Fsp3) is 0.634. The molecule has 1 unspecified atom stereocenters. The number of hydrogen-bond acceptors (Lipinski definition) is 9. The third-order valence-electron chi connectivity index (χ3n) is 10.4. The Bertz CT molecular complexity index is 1470. The maximum Gasteiger partial charge on any atom is 0.309 e. The molecule has 0 aliphatic carbocycles. The van der Waals surface area contributed by atoms with Crippen molar-refractivity contribution in [2.75, 3.05) is 33.9 Å². The molecule has 3 rings (SSSR count). The van der Waals surface area contributed by atoms with Gasteiger partial charge >= 0.3 is 5.97 Å². The van der Waals surface area contributed by atoms with Crippen molar-refractivity contribution in [1.82, 2.24) is 25.4 Å². The van der Waals surface area contributed by atoms with E-state index in [1.807, 2.05) is 65.2 Å². The molecular weight excluding hydrogens is 691 g/mol. The quantitative estimate of drug-likeness (QED) is 0.114. The van der Waals surface area contributed by atoms with Gasteiger partial charge in [-0.2, -0.15) is 0 Å². The van der Waals surface area contributed by atoms with Crippen molar-refractivity contribution in [1.29, 1.82) is 0 Å². The maximum absolute atomic E-state index is 14.2. The van der Waals surface area contributed by atoms with Crippen molar-refractivity contribution in [2.45, 2.75) is 117 Å². The van der Waals surface area contributed by atoms with Crippen LogP contribution in [0.5, 0.6) is 0 Å². The number of benzene rings is 1. The van der Waals surface area contributed by atoms with Crippen LogP contribution in [0.4, 0.5) is 0 Å². The van der Waals surface area contributed by atoms with Crippen LogP contribution >= 0.6 is 11.3 Å². The van der Waals surface area contributed by atoms with Crippen LogP contribution in [0, 0.1) is 17.8 Å². The molecule has 1 aromatic heterocycles. The number of carbonyl (C=O) groups excluding carboxylic acids is 4. The number of amides is 3. The highest BCUT2D eigenvalue weighted by molar-refractivity contribution is 7.09. The minimum Gasteiger partial charge on any atom is -0.461 e. The van der Waals surface area contributed by atoms with Gasteiger partial charge in [0.2, 0.25) is 11.8 Å². The van der Waals surface area contributed by atoms with Crippen LogP contribution < -0.4 is 10.6 Å². The molecule has 0 radical (unpaired) electrons. The van der Waals surface area contributed by atoms with Crippen molar-refractivity contribution < 1.29 is 28.7 Å². The average Bonchev–Trinajstić information content (AvgIpc) is 3.64. The van der Waals surface area contributed by atoms with E-state index >= 15 is 0 Å². The summed E-state index contributed by atoms with van der Waals surface area (Å²) >= 11 is 1.35. The van der Waals surface area contributed by atoms with E-state index in [0.29, 0.717) is 30.9 Å². The number of esters is 1. The Balaban J connectivity index is 1.78. The lowest BCUT2D eigenvalue weighted by Gasteiger charge is -2.38. The zero-order valence-electron chi connectivity index (χ0n) is 33.1. The summed E-state index contributed by atoms with van der Waals surface area (Å²) in [5.41, 5.74) is 1.31. The van der Waals surface area contributed by atoms with E-state index in [0.717, 1.165) is 37.8 Å². The lowest BCUT2D eigenvalue weighted by molar-refractivity contribution is -0.147. The van der Waals surface area contributed by atoms with Gasteiger partial charge in [-0.1, -0.05) is 90.4 Å². The largest absolute Gasteiger partial charge is 0.461 e. The molecule has 1 aromatic carbocycles. The van der Waals surface area contributed by atoms with E-state index in [1.165, 1.54) is 17.4 Å². The molecule has 0 bridgehead atoms. The summed E-state index contributed by atoms with van der Waals surface area (Å²) in [6.45, 7) is 16.9. The van der Waals surface area contributed by atoms with Crippen LogP contribution in [0.3, 0.4) is 0 Å². The molecule has 1 saturated heterocycles. The number of aromatic nitrogens is 1. The minimum absolute atomic E-state index is 0.0511. The van der Waals surface area contributed by atoms with Gasteiger partial charge in [-0.05, 0) is 63.6 Å². The molecule has 2 heterocycles. The standard InChI is InChI=1S/C41H63N5O6S/c1-10-22-52-41(50)29(7)23-31(24-30-18-14-13-15-19-30)42-37(47)32-26-53-39(43-32)35(51-12-3)25-34(27(4)5)46(9)40(49)36(28(6)11-2)44-38(48)33-20-16-17-21-45(33)8/h10,13-15,18-19,26-29,31,33-36H,1,11-12,16-17,20-25H2,2-9H3,(H,42,47)(H,44,48)/t28-,29-,31+,33+,34?,35+,36-/m0/s1. The van der Waals surface area contributed by atoms with E-state index in [-0.39, 0.29) is 66.0 Å². The lowest BCUT2D eigenvalue weighted by Crippen LogP contribution is -2.58. The van der Waals surface area contributed by atoms with Gasteiger partial charge in [0.1, 0.15) is 29.5 Å². The zero-order valence-corrected chi connectivity index (χ0v) is 34.0. The van der Waals surface area contributed by atoms with Crippen LogP contribution in [0.1, 0.15) is 107 Å². The third kappa shape index (κ3) is 13.0. The number of hydrogen-bond donors (Lipinski definition) is 2. The van der Waals surface area contributed by atoms with Crippen molar-refractivity contribution in [3.8, 4) is 0 Å². The van der Waals surface area contributed by atoms with Crippen LogP contribution in [-0.4, -0.2) is 96.5 Å². The van der Waals surface area contributed by atoms with E-state index in [9.17, 15) is 19.2 Å². The molecule has 12 heteroatoms. The summed E-state index contributed by atoms with van der Waals surface area (Å²) in [6, 6.07) is 8.38. The Morgan fingerprint density at radius 3 is 2.42 bits per heavy atom.